The number of aromatic nitrogens is 1. The fourth-order valence-electron chi connectivity index (χ4n) is 1.48. The minimum atomic E-state index is -0.00295. The third-order valence-electron chi connectivity index (χ3n) is 2.33. The Morgan fingerprint density at radius 2 is 2.12 bits per heavy atom. The molecule has 0 saturated heterocycles. The Balaban J connectivity index is 2.21. The van der Waals surface area contributed by atoms with Gasteiger partial charge in [-0.05, 0) is 36.8 Å². The normalized spacial score (nSPS) is 12.2. The second-order valence-corrected chi connectivity index (χ2v) is 4.62. The van der Waals surface area contributed by atoms with E-state index in [4.69, 9.17) is 10.5 Å². The van der Waals surface area contributed by atoms with E-state index >= 15 is 0 Å². The summed E-state index contributed by atoms with van der Waals surface area (Å²) in [4.78, 5) is 3.99. The highest BCUT2D eigenvalue weighted by molar-refractivity contribution is 9.10. The van der Waals surface area contributed by atoms with Crippen LogP contribution in [0, 0.1) is 0 Å². The molecule has 1 aromatic heterocycles. The van der Waals surface area contributed by atoms with Crippen LogP contribution in [-0.4, -0.2) is 4.98 Å². The summed E-state index contributed by atoms with van der Waals surface area (Å²) >= 11 is 3.49. The molecule has 0 aliphatic carbocycles. The van der Waals surface area contributed by atoms with E-state index < -0.39 is 0 Å². The molecule has 4 heteroatoms. The predicted molar refractivity (Wildman–Crippen MR) is 71.1 cm³/mol. The van der Waals surface area contributed by atoms with Crippen LogP contribution in [0.15, 0.2) is 47.2 Å². The van der Waals surface area contributed by atoms with Gasteiger partial charge < -0.3 is 10.5 Å². The van der Waals surface area contributed by atoms with Crippen molar-refractivity contribution >= 4 is 15.9 Å². The summed E-state index contributed by atoms with van der Waals surface area (Å²) in [5, 5.41) is 0. The number of hydrogen-bond acceptors (Lipinski definition) is 3. The van der Waals surface area contributed by atoms with Crippen LogP contribution in [0.3, 0.4) is 0 Å². The molecular formula is C13H13BrN2O. The first-order valence-electron chi connectivity index (χ1n) is 5.30. The van der Waals surface area contributed by atoms with Gasteiger partial charge >= 0.3 is 0 Å². The molecule has 2 aromatic rings. The van der Waals surface area contributed by atoms with Crippen molar-refractivity contribution in [1.29, 1.82) is 0 Å². The Morgan fingerprint density at radius 1 is 1.29 bits per heavy atom. The zero-order valence-electron chi connectivity index (χ0n) is 9.43. The number of ether oxygens (including phenoxy) is 1. The van der Waals surface area contributed by atoms with Gasteiger partial charge in [0.1, 0.15) is 11.5 Å². The Kier molecular flexibility index (Phi) is 3.76. The molecular weight excluding hydrogens is 280 g/mol. The Morgan fingerprint density at radius 3 is 2.71 bits per heavy atom. The Labute approximate surface area is 109 Å². The van der Waals surface area contributed by atoms with Gasteiger partial charge in [-0.3, -0.25) is 4.98 Å². The van der Waals surface area contributed by atoms with E-state index in [2.05, 4.69) is 20.9 Å². The molecule has 2 N–H and O–H groups in total. The van der Waals surface area contributed by atoms with Gasteiger partial charge in [-0.25, -0.2) is 0 Å². The summed E-state index contributed by atoms with van der Waals surface area (Å²) in [6.45, 7) is 1.95. The average Bonchev–Trinajstić information content (AvgIpc) is 2.30. The molecule has 0 radical (unpaired) electrons. The molecule has 0 fully saturated rings. The van der Waals surface area contributed by atoms with Crippen LogP contribution in [0.25, 0.3) is 0 Å². The number of halogens is 1. The quantitative estimate of drug-likeness (QED) is 0.939. The summed E-state index contributed by atoms with van der Waals surface area (Å²) in [6, 6.07) is 9.46. The monoisotopic (exact) mass is 292 g/mol. The van der Waals surface area contributed by atoms with Crippen LogP contribution in [0.1, 0.15) is 18.5 Å². The van der Waals surface area contributed by atoms with Crippen LogP contribution < -0.4 is 10.5 Å². The molecule has 88 valence electrons. The highest BCUT2D eigenvalue weighted by atomic mass is 79.9. The minimum absolute atomic E-state index is 0.00295. The van der Waals surface area contributed by atoms with Crippen LogP contribution in [-0.2, 0) is 0 Å². The summed E-state index contributed by atoms with van der Waals surface area (Å²) in [5.74, 6) is 1.47. The number of hydrogen-bond donors (Lipinski definition) is 1. The molecule has 3 nitrogen and oxygen atoms in total. The highest BCUT2D eigenvalue weighted by Gasteiger charge is 2.06. The van der Waals surface area contributed by atoms with Gasteiger partial charge in [-0.2, -0.15) is 0 Å². The zero-order chi connectivity index (χ0) is 12.3. The lowest BCUT2D eigenvalue weighted by Crippen LogP contribution is -2.05. The maximum Gasteiger partial charge on any atom is 0.145 e. The molecule has 0 saturated carbocycles. The van der Waals surface area contributed by atoms with Crippen molar-refractivity contribution in [1.82, 2.24) is 4.98 Å². The van der Waals surface area contributed by atoms with Crippen molar-refractivity contribution in [2.45, 2.75) is 13.0 Å². The van der Waals surface area contributed by atoms with E-state index in [1.165, 1.54) is 0 Å². The topological polar surface area (TPSA) is 48.1 Å². The van der Waals surface area contributed by atoms with Gasteiger partial charge in [-0.15, -0.1) is 0 Å². The fraction of sp³-hybridized carbons (Fsp3) is 0.154. The molecule has 1 aromatic carbocycles. The molecule has 0 aliphatic heterocycles. The molecule has 0 spiro atoms. The zero-order valence-corrected chi connectivity index (χ0v) is 11.0. The SMILES string of the molecule is C[C@H](N)c1ccc(Oc2cccnc2)cc1Br. The first-order valence-corrected chi connectivity index (χ1v) is 6.09. The maximum absolute atomic E-state index is 5.84. The van der Waals surface area contributed by atoms with E-state index in [0.717, 1.165) is 15.8 Å². The third-order valence-corrected chi connectivity index (χ3v) is 3.02. The fourth-order valence-corrected chi connectivity index (χ4v) is 2.20. The molecule has 17 heavy (non-hydrogen) atoms. The van der Waals surface area contributed by atoms with Crippen molar-refractivity contribution < 1.29 is 4.74 Å². The molecule has 1 heterocycles. The van der Waals surface area contributed by atoms with Crippen LogP contribution >= 0.6 is 15.9 Å². The van der Waals surface area contributed by atoms with Gasteiger partial charge in [0, 0.05) is 16.7 Å². The molecule has 0 amide bonds. The second kappa shape index (κ2) is 5.29. The van der Waals surface area contributed by atoms with Crippen molar-refractivity contribution in [2.75, 3.05) is 0 Å². The van der Waals surface area contributed by atoms with Crippen LogP contribution in [0.2, 0.25) is 0 Å². The second-order valence-electron chi connectivity index (χ2n) is 3.76. The molecule has 1 atom stereocenters. The number of nitrogens with zero attached hydrogens (tertiary/aromatic N) is 1. The largest absolute Gasteiger partial charge is 0.456 e. The number of nitrogens with two attached hydrogens (primary N) is 1. The van der Waals surface area contributed by atoms with Crippen molar-refractivity contribution in [3.63, 3.8) is 0 Å². The molecule has 0 bridgehead atoms. The third kappa shape index (κ3) is 3.05. The van der Waals surface area contributed by atoms with E-state index in [1.54, 1.807) is 12.4 Å². The number of pyridine rings is 1. The first-order chi connectivity index (χ1) is 8.16. The summed E-state index contributed by atoms with van der Waals surface area (Å²) in [5.41, 5.74) is 6.90. The smallest absolute Gasteiger partial charge is 0.145 e. The van der Waals surface area contributed by atoms with E-state index in [9.17, 15) is 0 Å². The molecule has 0 aliphatic rings. The maximum atomic E-state index is 5.84. The standard InChI is InChI=1S/C13H13BrN2O/c1-9(15)12-5-4-10(7-13(12)14)17-11-3-2-6-16-8-11/h2-9H,15H2,1H3/t9-/m0/s1. The van der Waals surface area contributed by atoms with Gasteiger partial charge in [0.05, 0.1) is 6.20 Å². The lowest BCUT2D eigenvalue weighted by atomic mass is 10.1. The predicted octanol–water partition coefficient (Wildman–Crippen LogP) is 3.66. The lowest BCUT2D eigenvalue weighted by Gasteiger charge is -2.11. The number of rotatable bonds is 3. The van der Waals surface area contributed by atoms with Gasteiger partial charge in [-0.1, -0.05) is 22.0 Å². The van der Waals surface area contributed by atoms with E-state index in [1.807, 2.05) is 37.3 Å². The summed E-state index contributed by atoms with van der Waals surface area (Å²) in [6.07, 6.45) is 3.38. The van der Waals surface area contributed by atoms with Crippen molar-refractivity contribution in [3.8, 4) is 11.5 Å². The molecule has 2 rings (SSSR count). The van der Waals surface area contributed by atoms with Crippen molar-refractivity contribution in [2.24, 2.45) is 5.73 Å². The van der Waals surface area contributed by atoms with E-state index in [0.29, 0.717) is 5.75 Å². The highest BCUT2D eigenvalue weighted by Crippen LogP contribution is 2.29. The Bertz CT molecular complexity index is 500. The Hall–Kier alpha value is -1.39. The summed E-state index contributed by atoms with van der Waals surface area (Å²) < 4.78 is 6.61. The van der Waals surface area contributed by atoms with Crippen molar-refractivity contribution in [3.05, 3.63) is 52.8 Å². The van der Waals surface area contributed by atoms with Gasteiger partial charge in [0.25, 0.3) is 0 Å². The first kappa shape index (κ1) is 12.1. The van der Waals surface area contributed by atoms with Crippen LogP contribution in [0.5, 0.6) is 11.5 Å². The minimum Gasteiger partial charge on any atom is -0.456 e. The van der Waals surface area contributed by atoms with Crippen LogP contribution in [0.4, 0.5) is 0 Å². The van der Waals surface area contributed by atoms with Gasteiger partial charge in [0.15, 0.2) is 0 Å². The van der Waals surface area contributed by atoms with Gasteiger partial charge in [0.2, 0.25) is 0 Å². The lowest BCUT2D eigenvalue weighted by molar-refractivity contribution is 0.479. The van der Waals surface area contributed by atoms with E-state index in [-0.39, 0.29) is 6.04 Å². The molecule has 0 unspecified atom stereocenters. The number of benzene rings is 1. The average molecular weight is 293 g/mol. The summed E-state index contributed by atoms with van der Waals surface area (Å²) in [7, 11) is 0.